The van der Waals surface area contributed by atoms with Crippen LogP contribution < -0.4 is 4.74 Å². The molecule has 0 saturated heterocycles. The monoisotopic (exact) mass is 278 g/mol. The number of aromatic nitrogens is 1. The van der Waals surface area contributed by atoms with Gasteiger partial charge < -0.3 is 4.74 Å². The maximum Gasteiger partial charge on any atom is 0.273 e. The zero-order valence-electron chi connectivity index (χ0n) is 10.2. The van der Waals surface area contributed by atoms with E-state index in [0.29, 0.717) is 17.4 Å². The lowest BCUT2D eigenvalue weighted by atomic mass is 10.2. The van der Waals surface area contributed by atoms with Gasteiger partial charge in [0, 0.05) is 18.1 Å². The largest absolute Gasteiger partial charge is 0.455 e. The Kier molecular flexibility index (Phi) is 3.97. The molecular formula is C13H11ClN2O3. The van der Waals surface area contributed by atoms with E-state index in [1.165, 1.54) is 18.3 Å². The van der Waals surface area contributed by atoms with E-state index < -0.39 is 4.92 Å². The minimum absolute atomic E-state index is 0.0120. The minimum atomic E-state index is -0.459. The second-order valence-corrected chi connectivity index (χ2v) is 4.24. The van der Waals surface area contributed by atoms with Crippen molar-refractivity contribution in [3.05, 3.63) is 57.9 Å². The van der Waals surface area contributed by atoms with Gasteiger partial charge in [-0.05, 0) is 30.2 Å². The lowest BCUT2D eigenvalue weighted by Gasteiger charge is -2.08. The highest BCUT2D eigenvalue weighted by atomic mass is 35.5. The van der Waals surface area contributed by atoms with Gasteiger partial charge in [-0.15, -0.1) is 11.6 Å². The highest BCUT2D eigenvalue weighted by Crippen LogP contribution is 2.29. The number of halogens is 1. The molecule has 0 unspecified atom stereocenters. The number of nitrogens with zero attached hydrogens (tertiary/aromatic N) is 2. The van der Waals surface area contributed by atoms with Crippen molar-refractivity contribution in [2.45, 2.75) is 12.8 Å². The van der Waals surface area contributed by atoms with Gasteiger partial charge in [-0.25, -0.2) is 0 Å². The SMILES string of the molecule is Cc1ccc([N+](=O)[O-])cc1Oc1cncc(CCl)c1. The van der Waals surface area contributed by atoms with Crippen LogP contribution in [0.5, 0.6) is 11.5 Å². The molecular weight excluding hydrogens is 268 g/mol. The van der Waals surface area contributed by atoms with E-state index in [2.05, 4.69) is 4.98 Å². The average Bonchev–Trinajstić information content (AvgIpc) is 2.41. The molecule has 19 heavy (non-hydrogen) atoms. The summed E-state index contributed by atoms with van der Waals surface area (Å²) in [4.78, 5) is 14.3. The number of pyridine rings is 1. The summed E-state index contributed by atoms with van der Waals surface area (Å²) < 4.78 is 5.62. The van der Waals surface area contributed by atoms with Crippen molar-refractivity contribution in [3.8, 4) is 11.5 Å². The molecule has 98 valence electrons. The molecule has 0 bridgehead atoms. The third kappa shape index (κ3) is 3.20. The van der Waals surface area contributed by atoms with Crippen LogP contribution in [0.2, 0.25) is 0 Å². The molecule has 0 N–H and O–H groups in total. The fourth-order valence-electron chi connectivity index (χ4n) is 1.53. The van der Waals surface area contributed by atoms with E-state index in [1.807, 2.05) is 6.92 Å². The Morgan fingerprint density at radius 3 is 2.84 bits per heavy atom. The smallest absolute Gasteiger partial charge is 0.273 e. The number of hydrogen-bond acceptors (Lipinski definition) is 4. The summed E-state index contributed by atoms with van der Waals surface area (Å²) in [6, 6.07) is 6.23. The van der Waals surface area contributed by atoms with Crippen LogP contribution in [-0.2, 0) is 5.88 Å². The molecule has 2 rings (SSSR count). The third-order valence-electron chi connectivity index (χ3n) is 2.53. The number of nitro groups is 1. The Bertz CT molecular complexity index is 617. The van der Waals surface area contributed by atoms with Crippen LogP contribution in [0.1, 0.15) is 11.1 Å². The number of alkyl halides is 1. The van der Waals surface area contributed by atoms with Crippen LogP contribution in [0, 0.1) is 17.0 Å². The molecule has 0 fully saturated rings. The van der Waals surface area contributed by atoms with Gasteiger partial charge in [0.05, 0.1) is 17.2 Å². The van der Waals surface area contributed by atoms with E-state index in [0.717, 1.165) is 11.1 Å². The predicted molar refractivity (Wildman–Crippen MR) is 71.7 cm³/mol. The van der Waals surface area contributed by atoms with Gasteiger partial charge in [-0.1, -0.05) is 0 Å². The number of rotatable bonds is 4. The first kappa shape index (κ1) is 13.3. The van der Waals surface area contributed by atoms with Crippen LogP contribution in [0.25, 0.3) is 0 Å². The van der Waals surface area contributed by atoms with Gasteiger partial charge in [0.15, 0.2) is 0 Å². The lowest BCUT2D eigenvalue weighted by molar-refractivity contribution is -0.384. The number of non-ortho nitro benzene ring substituents is 1. The summed E-state index contributed by atoms with van der Waals surface area (Å²) in [5, 5.41) is 10.7. The average molecular weight is 279 g/mol. The second-order valence-electron chi connectivity index (χ2n) is 3.97. The molecule has 1 aromatic carbocycles. The first-order valence-electron chi connectivity index (χ1n) is 5.53. The number of ether oxygens (including phenoxy) is 1. The summed E-state index contributed by atoms with van der Waals surface area (Å²) in [5.41, 5.74) is 1.62. The maximum absolute atomic E-state index is 10.7. The second kappa shape index (κ2) is 5.67. The van der Waals surface area contributed by atoms with Crippen molar-refractivity contribution in [2.24, 2.45) is 0 Å². The molecule has 0 aliphatic carbocycles. The summed E-state index contributed by atoms with van der Waals surface area (Å²) in [7, 11) is 0. The van der Waals surface area contributed by atoms with Crippen LogP contribution >= 0.6 is 11.6 Å². The molecule has 6 heteroatoms. The zero-order valence-corrected chi connectivity index (χ0v) is 10.9. The normalized spacial score (nSPS) is 10.2. The summed E-state index contributed by atoms with van der Waals surface area (Å²) >= 11 is 5.72. The van der Waals surface area contributed by atoms with E-state index >= 15 is 0 Å². The molecule has 0 atom stereocenters. The van der Waals surface area contributed by atoms with Gasteiger partial charge >= 0.3 is 0 Å². The fraction of sp³-hybridized carbons (Fsp3) is 0.154. The maximum atomic E-state index is 10.7. The van der Waals surface area contributed by atoms with Crippen LogP contribution in [0.15, 0.2) is 36.7 Å². The van der Waals surface area contributed by atoms with Gasteiger partial charge in [-0.2, -0.15) is 0 Å². The highest BCUT2D eigenvalue weighted by Gasteiger charge is 2.10. The van der Waals surface area contributed by atoms with Gasteiger partial charge in [0.25, 0.3) is 5.69 Å². The Hall–Kier alpha value is -2.14. The number of nitro benzene ring substituents is 1. The fourth-order valence-corrected chi connectivity index (χ4v) is 1.68. The molecule has 0 aliphatic heterocycles. The van der Waals surface area contributed by atoms with Gasteiger partial charge in [0.2, 0.25) is 0 Å². The van der Waals surface area contributed by atoms with Crippen molar-refractivity contribution in [1.82, 2.24) is 4.98 Å². The molecule has 1 heterocycles. The Morgan fingerprint density at radius 2 is 2.16 bits per heavy atom. The molecule has 0 spiro atoms. The summed E-state index contributed by atoms with van der Waals surface area (Å²) in [6.45, 7) is 1.82. The molecule has 0 amide bonds. The predicted octanol–water partition coefficient (Wildman–Crippen LogP) is 3.83. The van der Waals surface area contributed by atoms with E-state index in [1.54, 1.807) is 18.3 Å². The standard InChI is InChI=1S/C13H11ClN2O3/c1-9-2-3-11(16(17)18)5-13(9)19-12-4-10(6-14)7-15-8-12/h2-5,7-8H,6H2,1H3. The van der Waals surface area contributed by atoms with Crippen LogP contribution in [0.3, 0.4) is 0 Å². The Balaban J connectivity index is 2.31. The summed E-state index contributed by atoms with van der Waals surface area (Å²) in [5.74, 6) is 1.27. The zero-order chi connectivity index (χ0) is 13.8. The first-order valence-corrected chi connectivity index (χ1v) is 6.06. The number of hydrogen-bond donors (Lipinski definition) is 0. The third-order valence-corrected chi connectivity index (χ3v) is 2.84. The van der Waals surface area contributed by atoms with E-state index in [4.69, 9.17) is 16.3 Å². The minimum Gasteiger partial charge on any atom is -0.455 e. The molecule has 5 nitrogen and oxygen atoms in total. The molecule has 0 aliphatic rings. The lowest BCUT2D eigenvalue weighted by Crippen LogP contribution is -1.93. The quantitative estimate of drug-likeness (QED) is 0.484. The van der Waals surface area contributed by atoms with Crippen molar-refractivity contribution >= 4 is 17.3 Å². The first-order chi connectivity index (χ1) is 9.10. The summed E-state index contributed by atoms with van der Waals surface area (Å²) in [6.07, 6.45) is 3.18. The van der Waals surface area contributed by atoms with Crippen LogP contribution in [0.4, 0.5) is 5.69 Å². The van der Waals surface area contributed by atoms with Gasteiger partial charge in [-0.3, -0.25) is 15.1 Å². The molecule has 0 saturated carbocycles. The molecule has 0 radical (unpaired) electrons. The van der Waals surface area contributed by atoms with Crippen molar-refractivity contribution in [2.75, 3.05) is 0 Å². The van der Waals surface area contributed by atoms with E-state index in [9.17, 15) is 10.1 Å². The topological polar surface area (TPSA) is 65.3 Å². The Labute approximate surface area is 115 Å². The number of benzene rings is 1. The molecule has 2 aromatic rings. The Morgan fingerprint density at radius 1 is 1.37 bits per heavy atom. The van der Waals surface area contributed by atoms with Crippen molar-refractivity contribution in [1.29, 1.82) is 0 Å². The van der Waals surface area contributed by atoms with Crippen molar-refractivity contribution < 1.29 is 9.66 Å². The van der Waals surface area contributed by atoms with Crippen LogP contribution in [-0.4, -0.2) is 9.91 Å². The molecule has 1 aromatic heterocycles. The number of aryl methyl sites for hydroxylation is 1. The van der Waals surface area contributed by atoms with Crippen molar-refractivity contribution in [3.63, 3.8) is 0 Å². The van der Waals surface area contributed by atoms with Gasteiger partial charge in [0.1, 0.15) is 11.5 Å². The highest BCUT2D eigenvalue weighted by molar-refractivity contribution is 6.17. The van der Waals surface area contributed by atoms with E-state index in [-0.39, 0.29) is 5.69 Å².